The van der Waals surface area contributed by atoms with Crippen molar-refractivity contribution in [2.24, 2.45) is 5.92 Å². The van der Waals surface area contributed by atoms with Crippen molar-refractivity contribution >= 4 is 19.2 Å². The van der Waals surface area contributed by atoms with Gasteiger partial charge >= 0.3 is 19.2 Å². The van der Waals surface area contributed by atoms with Crippen molar-refractivity contribution in [1.29, 1.82) is 0 Å². The molecule has 0 spiro atoms. The van der Waals surface area contributed by atoms with Crippen molar-refractivity contribution in [3.8, 4) is 0 Å². The molecule has 0 amide bonds. The second-order valence-electron chi connectivity index (χ2n) is 7.54. The first-order chi connectivity index (χ1) is 12.7. The second kappa shape index (κ2) is 9.72. The quantitative estimate of drug-likeness (QED) is 0.193. The minimum absolute atomic E-state index is 0.0823. The fraction of sp³-hybridized carbons (Fsp3) is 0.882. The Morgan fingerprint density at radius 2 is 1.93 bits per heavy atom. The summed E-state index contributed by atoms with van der Waals surface area (Å²) in [5, 5.41) is 24.7. The summed E-state index contributed by atoms with van der Waals surface area (Å²) >= 11 is 0. The summed E-state index contributed by atoms with van der Waals surface area (Å²) in [5.41, 5.74) is -0.867. The van der Waals surface area contributed by atoms with E-state index in [1.54, 1.807) is 13.8 Å². The Balaban J connectivity index is 1.98. The maximum absolute atomic E-state index is 13.0. The molecule has 0 aromatic heterocycles. The van der Waals surface area contributed by atoms with Gasteiger partial charge in [-0.05, 0) is 39.6 Å². The molecule has 2 saturated heterocycles. The molecule has 0 aliphatic carbocycles. The number of ether oxygens (including phenoxy) is 3. The molecular formula is C17H31BN2O7. The van der Waals surface area contributed by atoms with Crippen molar-refractivity contribution in [2.45, 2.75) is 76.7 Å². The van der Waals surface area contributed by atoms with E-state index in [0.717, 1.165) is 13.0 Å². The third-order valence-corrected chi connectivity index (χ3v) is 5.13. The Kier molecular flexibility index (Phi) is 7.90. The first kappa shape index (κ1) is 21.9. The van der Waals surface area contributed by atoms with Gasteiger partial charge in [-0.15, -0.1) is 0 Å². The lowest BCUT2D eigenvalue weighted by molar-refractivity contribution is -0.178. The van der Waals surface area contributed by atoms with Crippen LogP contribution in [0.1, 0.15) is 46.5 Å². The standard InChI is InChI=1S/C17H31BN2O7/c1-11(2)25-16(22)27-12(3)26-15(21)17(7-4-5-8-18(23)24)13-6-9-19-14(13)10-20-17/h11-14,19-20,23-24H,4-10H2,1-3H3/t12?,13-,14?,17+/m0/s1. The first-order valence-corrected chi connectivity index (χ1v) is 9.67. The van der Waals surface area contributed by atoms with Gasteiger partial charge in [-0.2, -0.15) is 0 Å². The normalized spacial score (nSPS) is 27.9. The van der Waals surface area contributed by atoms with Gasteiger partial charge < -0.3 is 34.9 Å². The van der Waals surface area contributed by atoms with Gasteiger partial charge in [0.05, 0.1) is 6.10 Å². The highest BCUT2D eigenvalue weighted by molar-refractivity contribution is 6.40. The number of esters is 1. The van der Waals surface area contributed by atoms with Gasteiger partial charge in [-0.1, -0.05) is 12.8 Å². The number of hydrogen-bond donors (Lipinski definition) is 4. The van der Waals surface area contributed by atoms with Crippen molar-refractivity contribution in [2.75, 3.05) is 13.1 Å². The zero-order valence-corrected chi connectivity index (χ0v) is 16.3. The van der Waals surface area contributed by atoms with Crippen LogP contribution >= 0.6 is 0 Å². The third-order valence-electron chi connectivity index (χ3n) is 5.13. The summed E-state index contributed by atoms with van der Waals surface area (Å²) in [6.07, 6.45) is 0.601. The van der Waals surface area contributed by atoms with Crippen molar-refractivity contribution in [3.05, 3.63) is 0 Å². The van der Waals surface area contributed by atoms with Crippen molar-refractivity contribution in [1.82, 2.24) is 10.6 Å². The van der Waals surface area contributed by atoms with Gasteiger partial charge in [0.1, 0.15) is 5.54 Å². The molecule has 4 atom stereocenters. The lowest BCUT2D eigenvalue weighted by Gasteiger charge is -2.33. The fourth-order valence-electron chi connectivity index (χ4n) is 3.96. The van der Waals surface area contributed by atoms with Gasteiger partial charge in [-0.25, -0.2) is 9.59 Å². The maximum Gasteiger partial charge on any atom is 0.511 e. The molecule has 2 aliphatic heterocycles. The number of carbonyl (C=O) groups is 2. The highest BCUT2D eigenvalue weighted by atomic mass is 16.8. The van der Waals surface area contributed by atoms with Crippen LogP contribution in [0.2, 0.25) is 6.32 Å². The molecule has 10 heteroatoms. The van der Waals surface area contributed by atoms with Crippen LogP contribution in [0.4, 0.5) is 4.79 Å². The van der Waals surface area contributed by atoms with E-state index in [2.05, 4.69) is 10.6 Å². The monoisotopic (exact) mass is 386 g/mol. The minimum atomic E-state index is -1.34. The lowest BCUT2D eigenvalue weighted by atomic mass is 9.77. The molecular weight excluding hydrogens is 355 g/mol. The Morgan fingerprint density at radius 1 is 1.19 bits per heavy atom. The SMILES string of the molecule is CC(C)OC(=O)OC(C)OC(=O)[C@]1(CCCCB(O)O)NCC2NCC[C@@H]21. The fourth-order valence-corrected chi connectivity index (χ4v) is 3.96. The predicted molar refractivity (Wildman–Crippen MR) is 97.7 cm³/mol. The minimum Gasteiger partial charge on any atom is -0.431 e. The summed E-state index contributed by atoms with van der Waals surface area (Å²) in [6.45, 7) is 6.38. The second-order valence-corrected chi connectivity index (χ2v) is 7.54. The van der Waals surface area contributed by atoms with Crippen LogP contribution in [0.15, 0.2) is 0 Å². The largest absolute Gasteiger partial charge is 0.511 e. The van der Waals surface area contributed by atoms with Gasteiger partial charge in [0.25, 0.3) is 0 Å². The molecule has 27 heavy (non-hydrogen) atoms. The molecule has 2 rings (SSSR count). The topological polar surface area (TPSA) is 126 Å². The Hall–Kier alpha value is -1.36. The summed E-state index contributed by atoms with van der Waals surface area (Å²) < 4.78 is 15.3. The highest BCUT2D eigenvalue weighted by Gasteiger charge is 2.55. The van der Waals surface area contributed by atoms with E-state index >= 15 is 0 Å². The maximum atomic E-state index is 13.0. The van der Waals surface area contributed by atoms with E-state index < -0.39 is 31.1 Å². The average Bonchev–Trinajstić information content (AvgIpc) is 3.13. The summed E-state index contributed by atoms with van der Waals surface area (Å²) in [7, 11) is -1.34. The molecule has 2 aliphatic rings. The zero-order chi connectivity index (χ0) is 20.0. The zero-order valence-electron chi connectivity index (χ0n) is 16.3. The molecule has 2 unspecified atom stereocenters. The number of nitrogens with one attached hydrogen (secondary N) is 2. The van der Waals surface area contributed by atoms with Crippen LogP contribution in [-0.2, 0) is 19.0 Å². The van der Waals surface area contributed by atoms with E-state index in [0.29, 0.717) is 25.8 Å². The smallest absolute Gasteiger partial charge is 0.431 e. The molecule has 4 N–H and O–H groups in total. The average molecular weight is 386 g/mol. The van der Waals surface area contributed by atoms with Crippen LogP contribution in [-0.4, -0.2) is 66.4 Å². The van der Waals surface area contributed by atoms with E-state index in [-0.39, 0.29) is 24.4 Å². The lowest BCUT2D eigenvalue weighted by Crippen LogP contribution is -2.54. The summed E-state index contributed by atoms with van der Waals surface area (Å²) in [6, 6.07) is 0.197. The van der Waals surface area contributed by atoms with E-state index in [1.807, 2.05) is 0 Å². The molecule has 0 aromatic rings. The first-order valence-electron chi connectivity index (χ1n) is 9.67. The van der Waals surface area contributed by atoms with Crippen molar-refractivity contribution < 1.29 is 33.8 Å². The Labute approximate surface area is 160 Å². The molecule has 9 nitrogen and oxygen atoms in total. The van der Waals surface area contributed by atoms with Crippen LogP contribution in [0.5, 0.6) is 0 Å². The van der Waals surface area contributed by atoms with Gasteiger partial charge in [0, 0.05) is 25.4 Å². The van der Waals surface area contributed by atoms with Crippen LogP contribution in [0.25, 0.3) is 0 Å². The van der Waals surface area contributed by atoms with Crippen molar-refractivity contribution in [3.63, 3.8) is 0 Å². The van der Waals surface area contributed by atoms with Gasteiger partial charge in [-0.3, -0.25) is 0 Å². The number of hydrogen-bond acceptors (Lipinski definition) is 9. The number of carbonyl (C=O) groups excluding carboxylic acids is 2. The molecule has 154 valence electrons. The van der Waals surface area contributed by atoms with Gasteiger partial charge in [0.15, 0.2) is 0 Å². The van der Waals surface area contributed by atoms with E-state index in [4.69, 9.17) is 24.3 Å². The number of unbranched alkanes of at least 4 members (excludes halogenated alkanes) is 1. The number of rotatable bonds is 9. The molecule has 0 saturated carbocycles. The van der Waals surface area contributed by atoms with E-state index in [1.165, 1.54) is 6.92 Å². The van der Waals surface area contributed by atoms with Gasteiger partial charge in [0.2, 0.25) is 6.29 Å². The van der Waals surface area contributed by atoms with Crippen LogP contribution in [0, 0.1) is 5.92 Å². The molecule has 2 heterocycles. The van der Waals surface area contributed by atoms with Crippen LogP contribution < -0.4 is 10.6 Å². The summed E-state index contributed by atoms with van der Waals surface area (Å²) in [5.74, 6) is -0.369. The number of fused-ring (bicyclic) bond motifs is 1. The van der Waals surface area contributed by atoms with Crippen LogP contribution in [0.3, 0.4) is 0 Å². The molecule has 0 aromatic carbocycles. The molecule has 2 fully saturated rings. The third kappa shape index (κ3) is 5.81. The predicted octanol–water partition coefficient (Wildman–Crippen LogP) is 0.400. The Bertz CT molecular complexity index is 520. The molecule has 0 radical (unpaired) electrons. The highest BCUT2D eigenvalue weighted by Crippen LogP contribution is 2.38. The Morgan fingerprint density at radius 3 is 2.59 bits per heavy atom. The summed E-state index contributed by atoms with van der Waals surface area (Å²) in [4.78, 5) is 24.6. The molecule has 0 bridgehead atoms. The van der Waals surface area contributed by atoms with E-state index in [9.17, 15) is 9.59 Å².